The van der Waals surface area contributed by atoms with Crippen LogP contribution in [0, 0.1) is 0 Å². The van der Waals surface area contributed by atoms with Crippen LogP contribution in [0.5, 0.6) is 34.5 Å². The molecular formula is C35H52O17. The summed E-state index contributed by atoms with van der Waals surface area (Å²) in [6.45, 7) is 0.898. The normalized spacial score (nSPS) is 11.8. The van der Waals surface area contributed by atoms with E-state index in [1.807, 2.05) is 13.8 Å². The SMILES string of the molecule is CCCCOc1c(OCOC)cc(C(=O)OCC(OC(=O)c2cc(OCOC)c(OCCCC)c(OCOC)c2)C(O)(CO)CO)cc1OCOC. The molecule has 17 heteroatoms. The van der Waals surface area contributed by atoms with Crippen LogP contribution in [-0.4, -0.2) is 128 Å². The standard InChI is InChI=1S/C35H52O17/c1-7-9-11-45-31-26(48-20-41-3)13-24(14-27(31)49-21-42-4)33(38)47-17-30(35(40,18-36)19-37)52-34(39)25-15-28(50-22-43-5)32(46-12-10-8-2)29(16-25)51-23-44-6/h13-16,30,36-37,40H,7-12,17-23H2,1-6H3. The van der Waals surface area contributed by atoms with E-state index in [1.54, 1.807) is 0 Å². The number of hydrogen-bond acceptors (Lipinski definition) is 17. The van der Waals surface area contributed by atoms with Gasteiger partial charge in [0.25, 0.3) is 0 Å². The van der Waals surface area contributed by atoms with E-state index in [-0.39, 0.29) is 72.8 Å². The molecule has 0 aliphatic heterocycles. The Bertz CT molecular complexity index is 1290. The Kier molecular flexibility index (Phi) is 20.5. The van der Waals surface area contributed by atoms with E-state index in [0.717, 1.165) is 25.7 Å². The van der Waals surface area contributed by atoms with Crippen LogP contribution >= 0.6 is 0 Å². The zero-order valence-corrected chi connectivity index (χ0v) is 30.6. The molecule has 0 heterocycles. The van der Waals surface area contributed by atoms with E-state index in [4.69, 9.17) is 56.8 Å². The highest BCUT2D eigenvalue weighted by Gasteiger charge is 2.41. The first-order chi connectivity index (χ1) is 25.2. The third-order valence-corrected chi connectivity index (χ3v) is 7.09. The molecule has 3 N–H and O–H groups in total. The summed E-state index contributed by atoms with van der Waals surface area (Å²) >= 11 is 0. The zero-order valence-electron chi connectivity index (χ0n) is 30.6. The molecule has 0 saturated carbocycles. The second-order valence-corrected chi connectivity index (χ2v) is 11.1. The summed E-state index contributed by atoms with van der Waals surface area (Å²) in [5, 5.41) is 31.0. The Morgan fingerprint density at radius 1 is 0.615 bits per heavy atom. The van der Waals surface area contributed by atoms with Crippen molar-refractivity contribution in [1.82, 2.24) is 0 Å². The Labute approximate surface area is 303 Å². The van der Waals surface area contributed by atoms with Crippen LogP contribution in [0.25, 0.3) is 0 Å². The van der Waals surface area contributed by atoms with Crippen molar-refractivity contribution in [2.45, 2.75) is 51.2 Å². The molecule has 294 valence electrons. The molecule has 0 amide bonds. The average molecular weight is 745 g/mol. The minimum atomic E-state index is -2.44. The van der Waals surface area contributed by atoms with E-state index in [0.29, 0.717) is 13.2 Å². The van der Waals surface area contributed by atoms with Gasteiger partial charge in [-0.15, -0.1) is 0 Å². The maximum Gasteiger partial charge on any atom is 0.338 e. The summed E-state index contributed by atoms with van der Waals surface area (Å²) in [5.74, 6) is -1.32. The summed E-state index contributed by atoms with van der Waals surface area (Å²) in [5.41, 5.74) is -2.67. The number of carbonyl (C=O) groups is 2. The second-order valence-electron chi connectivity index (χ2n) is 11.1. The molecule has 0 spiro atoms. The van der Waals surface area contributed by atoms with Gasteiger partial charge in [0, 0.05) is 28.4 Å². The Morgan fingerprint density at radius 3 is 1.31 bits per heavy atom. The molecule has 17 nitrogen and oxygen atoms in total. The predicted octanol–water partition coefficient (Wildman–Crippen LogP) is 3.07. The maximum atomic E-state index is 13.6. The lowest BCUT2D eigenvalue weighted by atomic mass is 9.99. The highest BCUT2D eigenvalue weighted by atomic mass is 16.7. The summed E-state index contributed by atoms with van der Waals surface area (Å²) < 4.78 is 65.5. The molecule has 52 heavy (non-hydrogen) atoms. The van der Waals surface area contributed by atoms with Crippen LogP contribution in [-0.2, 0) is 28.4 Å². The molecule has 2 aromatic carbocycles. The van der Waals surface area contributed by atoms with Crippen molar-refractivity contribution in [3.05, 3.63) is 35.4 Å². The molecule has 1 unspecified atom stereocenters. The lowest BCUT2D eigenvalue weighted by Gasteiger charge is -2.32. The van der Waals surface area contributed by atoms with Crippen molar-refractivity contribution in [3.8, 4) is 34.5 Å². The fourth-order valence-electron chi connectivity index (χ4n) is 4.21. The van der Waals surface area contributed by atoms with Gasteiger partial charge in [-0.1, -0.05) is 26.7 Å². The number of methoxy groups -OCH3 is 4. The molecule has 0 aromatic heterocycles. The van der Waals surface area contributed by atoms with Gasteiger partial charge in [0.2, 0.25) is 11.5 Å². The van der Waals surface area contributed by atoms with Gasteiger partial charge in [-0.05, 0) is 37.1 Å². The molecule has 0 aliphatic rings. The Hall–Kier alpha value is -4.10. The lowest BCUT2D eigenvalue weighted by molar-refractivity contribution is -0.147. The first kappa shape index (κ1) is 44.1. The summed E-state index contributed by atoms with van der Waals surface area (Å²) in [6.07, 6.45) is 1.38. The van der Waals surface area contributed by atoms with Crippen LogP contribution in [0.3, 0.4) is 0 Å². The van der Waals surface area contributed by atoms with Crippen molar-refractivity contribution in [2.24, 2.45) is 0 Å². The van der Waals surface area contributed by atoms with Gasteiger partial charge in [-0.3, -0.25) is 0 Å². The Balaban J connectivity index is 2.46. The smallest absolute Gasteiger partial charge is 0.338 e. The van der Waals surface area contributed by atoms with Crippen LogP contribution in [0.2, 0.25) is 0 Å². The van der Waals surface area contributed by atoms with Crippen LogP contribution in [0.4, 0.5) is 0 Å². The fourth-order valence-corrected chi connectivity index (χ4v) is 4.21. The van der Waals surface area contributed by atoms with Crippen molar-refractivity contribution in [3.63, 3.8) is 0 Å². The summed E-state index contributed by atoms with van der Waals surface area (Å²) in [4.78, 5) is 27.0. The van der Waals surface area contributed by atoms with Crippen molar-refractivity contribution >= 4 is 11.9 Å². The number of hydrogen-bond donors (Lipinski definition) is 3. The van der Waals surface area contributed by atoms with Gasteiger partial charge in [-0.25, -0.2) is 9.59 Å². The van der Waals surface area contributed by atoms with E-state index in [9.17, 15) is 24.9 Å². The number of aliphatic hydroxyl groups excluding tert-OH is 2. The van der Waals surface area contributed by atoms with Crippen molar-refractivity contribution < 1.29 is 81.8 Å². The lowest BCUT2D eigenvalue weighted by Crippen LogP contribution is -2.53. The molecular weight excluding hydrogens is 692 g/mol. The zero-order chi connectivity index (χ0) is 38.4. The van der Waals surface area contributed by atoms with Gasteiger partial charge in [0.15, 0.2) is 61.9 Å². The second kappa shape index (κ2) is 24.2. The number of aliphatic hydroxyl groups is 3. The summed E-state index contributed by atoms with van der Waals surface area (Å²) in [7, 11) is 5.65. The minimum Gasteiger partial charge on any atom is -0.486 e. The number of carbonyl (C=O) groups excluding carboxylic acids is 2. The average Bonchev–Trinajstić information content (AvgIpc) is 3.16. The highest BCUT2D eigenvalue weighted by molar-refractivity contribution is 5.92. The van der Waals surface area contributed by atoms with Gasteiger partial charge in [0.1, 0.15) is 6.61 Å². The molecule has 2 aromatic rings. The maximum absolute atomic E-state index is 13.6. The predicted molar refractivity (Wildman–Crippen MR) is 182 cm³/mol. The number of benzene rings is 2. The van der Waals surface area contributed by atoms with Crippen LogP contribution in [0.15, 0.2) is 24.3 Å². The van der Waals surface area contributed by atoms with Gasteiger partial charge < -0.3 is 72.2 Å². The van der Waals surface area contributed by atoms with Crippen LogP contribution in [0.1, 0.15) is 60.2 Å². The van der Waals surface area contributed by atoms with Crippen molar-refractivity contribution in [1.29, 1.82) is 0 Å². The third-order valence-electron chi connectivity index (χ3n) is 7.09. The summed E-state index contributed by atoms with van der Waals surface area (Å²) in [6, 6.07) is 5.27. The van der Waals surface area contributed by atoms with E-state index in [1.165, 1.54) is 52.7 Å². The highest BCUT2D eigenvalue weighted by Crippen LogP contribution is 2.41. The molecule has 2 rings (SSSR count). The number of unbranched alkanes of at least 4 members (excludes halogenated alkanes) is 2. The number of esters is 2. The van der Waals surface area contributed by atoms with E-state index < -0.39 is 43.5 Å². The number of ether oxygens (including phenoxy) is 12. The van der Waals surface area contributed by atoms with Crippen molar-refractivity contribution in [2.75, 3.05) is 88.6 Å². The topological polar surface area (TPSA) is 206 Å². The number of rotatable bonds is 28. The first-order valence-corrected chi connectivity index (χ1v) is 16.6. The molecule has 0 bridgehead atoms. The third kappa shape index (κ3) is 13.5. The van der Waals surface area contributed by atoms with Gasteiger partial charge >= 0.3 is 11.9 Å². The fraction of sp³-hybridized carbons (Fsp3) is 0.600. The van der Waals surface area contributed by atoms with E-state index in [2.05, 4.69) is 0 Å². The first-order valence-electron chi connectivity index (χ1n) is 16.6. The van der Waals surface area contributed by atoms with Gasteiger partial charge in [-0.2, -0.15) is 0 Å². The molecule has 0 aliphatic carbocycles. The molecule has 0 fully saturated rings. The molecule has 0 saturated heterocycles. The molecule has 1 atom stereocenters. The van der Waals surface area contributed by atoms with Gasteiger partial charge in [0.05, 0.1) is 37.6 Å². The molecule has 0 radical (unpaired) electrons. The quantitative estimate of drug-likeness (QED) is 0.0650. The van der Waals surface area contributed by atoms with Crippen LogP contribution < -0.4 is 28.4 Å². The minimum absolute atomic E-state index is 0.0705. The Morgan fingerprint density at radius 2 is 0.981 bits per heavy atom. The van der Waals surface area contributed by atoms with E-state index >= 15 is 0 Å². The monoisotopic (exact) mass is 744 g/mol. The largest absolute Gasteiger partial charge is 0.486 e.